The molecule has 1 aliphatic heterocycles. The average molecular weight is 312 g/mol. The minimum atomic E-state index is -0.699. The molecule has 0 saturated carbocycles. The summed E-state index contributed by atoms with van der Waals surface area (Å²) in [5, 5.41) is 5.13. The highest BCUT2D eigenvalue weighted by Crippen LogP contribution is 2.32. The number of rotatable bonds is 3. The summed E-state index contributed by atoms with van der Waals surface area (Å²) in [6.07, 6.45) is 0. The quantitative estimate of drug-likeness (QED) is 0.850. The van der Waals surface area contributed by atoms with Crippen LogP contribution in [0.3, 0.4) is 0 Å². The van der Waals surface area contributed by atoms with E-state index in [9.17, 15) is 9.59 Å². The normalized spacial score (nSPS) is 11.9. The van der Waals surface area contributed by atoms with E-state index in [1.54, 1.807) is 24.3 Å². The molecule has 6 heteroatoms. The lowest BCUT2D eigenvalue weighted by Gasteiger charge is -2.07. The van der Waals surface area contributed by atoms with Crippen LogP contribution in [-0.4, -0.2) is 18.6 Å². The Morgan fingerprint density at radius 3 is 2.52 bits per heavy atom. The highest BCUT2D eigenvalue weighted by atomic mass is 16.7. The summed E-state index contributed by atoms with van der Waals surface area (Å²) in [4.78, 5) is 23.7. The van der Waals surface area contributed by atoms with Crippen LogP contribution < -0.4 is 20.1 Å². The molecule has 1 aliphatic rings. The molecule has 0 unspecified atom stereocenters. The Bertz CT molecular complexity index is 741. The summed E-state index contributed by atoms with van der Waals surface area (Å²) in [5.41, 5.74) is 2.49. The van der Waals surface area contributed by atoms with E-state index in [4.69, 9.17) is 9.47 Å². The van der Waals surface area contributed by atoms with Crippen molar-refractivity contribution in [3.63, 3.8) is 0 Å². The molecule has 0 saturated heterocycles. The third kappa shape index (κ3) is 3.60. The molecule has 0 spiro atoms. The molecule has 2 N–H and O–H groups in total. The van der Waals surface area contributed by atoms with Gasteiger partial charge in [0.1, 0.15) is 0 Å². The van der Waals surface area contributed by atoms with Crippen LogP contribution in [0.15, 0.2) is 42.5 Å². The maximum Gasteiger partial charge on any atom is 0.313 e. The molecule has 2 aromatic rings. The summed E-state index contributed by atoms with van der Waals surface area (Å²) in [6, 6.07) is 12.6. The summed E-state index contributed by atoms with van der Waals surface area (Å²) in [6.45, 7) is 2.38. The fourth-order valence-corrected chi connectivity index (χ4v) is 2.14. The molecule has 6 nitrogen and oxygen atoms in total. The standard InChI is InChI=1S/C17H16N2O4/c1-11-2-5-13(6-3-11)19-17(21)16(20)18-9-12-4-7-14-15(8-12)23-10-22-14/h2-8H,9-10H2,1H3,(H,18,20)(H,19,21). The smallest absolute Gasteiger partial charge is 0.313 e. The van der Waals surface area contributed by atoms with Crippen LogP contribution in [-0.2, 0) is 16.1 Å². The zero-order valence-corrected chi connectivity index (χ0v) is 12.6. The molecule has 1 heterocycles. The van der Waals surface area contributed by atoms with E-state index in [1.165, 1.54) is 0 Å². The van der Waals surface area contributed by atoms with Gasteiger partial charge in [-0.1, -0.05) is 23.8 Å². The number of carbonyl (C=O) groups excluding carboxylic acids is 2. The fraction of sp³-hybridized carbons (Fsp3) is 0.176. The molecule has 23 heavy (non-hydrogen) atoms. The Morgan fingerprint density at radius 1 is 1.00 bits per heavy atom. The Kier molecular flexibility index (Phi) is 4.14. The number of aryl methyl sites for hydroxylation is 1. The van der Waals surface area contributed by atoms with Crippen molar-refractivity contribution in [3.8, 4) is 11.5 Å². The Hall–Kier alpha value is -3.02. The van der Waals surface area contributed by atoms with Gasteiger partial charge in [-0.15, -0.1) is 0 Å². The van der Waals surface area contributed by atoms with E-state index in [0.717, 1.165) is 11.1 Å². The molecule has 0 atom stereocenters. The number of hydrogen-bond donors (Lipinski definition) is 2. The maximum absolute atomic E-state index is 11.8. The van der Waals surface area contributed by atoms with Gasteiger partial charge in [0.2, 0.25) is 6.79 Å². The Morgan fingerprint density at radius 2 is 1.74 bits per heavy atom. The number of fused-ring (bicyclic) bond motifs is 1. The first kappa shape index (κ1) is 14.9. The third-order valence-electron chi connectivity index (χ3n) is 3.41. The molecule has 2 amide bonds. The summed E-state index contributed by atoms with van der Waals surface area (Å²) >= 11 is 0. The Balaban J connectivity index is 1.54. The van der Waals surface area contributed by atoms with Gasteiger partial charge in [0.25, 0.3) is 0 Å². The van der Waals surface area contributed by atoms with Gasteiger partial charge >= 0.3 is 11.8 Å². The zero-order chi connectivity index (χ0) is 16.2. The molecule has 0 radical (unpaired) electrons. The van der Waals surface area contributed by atoms with Gasteiger partial charge in [-0.3, -0.25) is 9.59 Å². The second kappa shape index (κ2) is 6.39. The Labute approximate surface area is 133 Å². The first-order chi connectivity index (χ1) is 11.1. The van der Waals surface area contributed by atoms with Gasteiger partial charge < -0.3 is 20.1 Å². The molecular formula is C17H16N2O4. The van der Waals surface area contributed by atoms with Crippen LogP contribution in [0.25, 0.3) is 0 Å². The van der Waals surface area contributed by atoms with Crippen molar-refractivity contribution in [3.05, 3.63) is 53.6 Å². The van der Waals surface area contributed by atoms with E-state index in [-0.39, 0.29) is 13.3 Å². The predicted octanol–water partition coefficient (Wildman–Crippen LogP) is 1.98. The number of carbonyl (C=O) groups is 2. The van der Waals surface area contributed by atoms with Crippen molar-refractivity contribution in [2.24, 2.45) is 0 Å². The van der Waals surface area contributed by atoms with Crippen molar-refractivity contribution in [2.45, 2.75) is 13.5 Å². The first-order valence-electron chi connectivity index (χ1n) is 7.16. The monoisotopic (exact) mass is 312 g/mol. The molecular weight excluding hydrogens is 296 g/mol. The average Bonchev–Trinajstić information content (AvgIpc) is 3.02. The van der Waals surface area contributed by atoms with Crippen molar-refractivity contribution >= 4 is 17.5 Å². The summed E-state index contributed by atoms with van der Waals surface area (Å²) in [5.74, 6) is -0.0733. The number of nitrogens with one attached hydrogen (secondary N) is 2. The lowest BCUT2D eigenvalue weighted by atomic mass is 10.2. The van der Waals surface area contributed by atoms with Crippen LogP contribution >= 0.6 is 0 Å². The minimum absolute atomic E-state index is 0.199. The molecule has 0 aliphatic carbocycles. The van der Waals surface area contributed by atoms with Crippen molar-refractivity contribution in [1.29, 1.82) is 0 Å². The third-order valence-corrected chi connectivity index (χ3v) is 3.41. The number of hydrogen-bond acceptors (Lipinski definition) is 4. The van der Waals surface area contributed by atoms with E-state index in [2.05, 4.69) is 10.6 Å². The molecule has 2 aromatic carbocycles. The van der Waals surface area contributed by atoms with Gasteiger partial charge in [-0.25, -0.2) is 0 Å². The maximum atomic E-state index is 11.8. The van der Waals surface area contributed by atoms with E-state index >= 15 is 0 Å². The molecule has 0 aromatic heterocycles. The lowest BCUT2D eigenvalue weighted by molar-refractivity contribution is -0.136. The van der Waals surface area contributed by atoms with Crippen molar-refractivity contribution in [2.75, 3.05) is 12.1 Å². The van der Waals surface area contributed by atoms with E-state index < -0.39 is 11.8 Å². The lowest BCUT2D eigenvalue weighted by Crippen LogP contribution is -2.34. The van der Waals surface area contributed by atoms with Crippen molar-refractivity contribution in [1.82, 2.24) is 5.32 Å². The minimum Gasteiger partial charge on any atom is -0.454 e. The number of ether oxygens (including phenoxy) is 2. The number of amides is 2. The van der Waals surface area contributed by atoms with Crippen molar-refractivity contribution < 1.29 is 19.1 Å². The largest absolute Gasteiger partial charge is 0.454 e. The van der Waals surface area contributed by atoms with Gasteiger partial charge in [0.05, 0.1) is 0 Å². The highest BCUT2D eigenvalue weighted by molar-refractivity contribution is 6.39. The molecule has 0 fully saturated rings. The van der Waals surface area contributed by atoms with Crippen LogP contribution in [0, 0.1) is 6.92 Å². The number of anilines is 1. The molecule has 3 rings (SSSR count). The first-order valence-corrected chi connectivity index (χ1v) is 7.16. The van der Waals surface area contributed by atoms with Crippen LogP contribution in [0.5, 0.6) is 11.5 Å². The van der Waals surface area contributed by atoms with E-state index in [0.29, 0.717) is 17.2 Å². The topological polar surface area (TPSA) is 76.7 Å². The molecule has 0 bridgehead atoms. The van der Waals surface area contributed by atoms with Crippen LogP contribution in [0.4, 0.5) is 5.69 Å². The summed E-state index contributed by atoms with van der Waals surface area (Å²) < 4.78 is 10.5. The SMILES string of the molecule is Cc1ccc(NC(=O)C(=O)NCc2ccc3c(c2)OCO3)cc1. The molecule has 118 valence electrons. The predicted molar refractivity (Wildman–Crippen MR) is 84.2 cm³/mol. The second-order valence-electron chi connectivity index (χ2n) is 5.19. The van der Waals surface area contributed by atoms with Crippen LogP contribution in [0.1, 0.15) is 11.1 Å². The zero-order valence-electron chi connectivity index (χ0n) is 12.6. The van der Waals surface area contributed by atoms with Gasteiger partial charge in [-0.05, 0) is 36.8 Å². The van der Waals surface area contributed by atoms with E-state index in [1.807, 2.05) is 25.1 Å². The van der Waals surface area contributed by atoms with Crippen LogP contribution in [0.2, 0.25) is 0 Å². The van der Waals surface area contributed by atoms with Gasteiger partial charge in [0.15, 0.2) is 11.5 Å². The number of benzene rings is 2. The second-order valence-corrected chi connectivity index (χ2v) is 5.19. The van der Waals surface area contributed by atoms with Gasteiger partial charge in [-0.2, -0.15) is 0 Å². The summed E-state index contributed by atoms with van der Waals surface area (Å²) in [7, 11) is 0. The fourth-order valence-electron chi connectivity index (χ4n) is 2.14. The highest BCUT2D eigenvalue weighted by Gasteiger charge is 2.16. The van der Waals surface area contributed by atoms with Gasteiger partial charge in [0, 0.05) is 12.2 Å².